The van der Waals surface area contributed by atoms with Crippen LogP contribution in [0.4, 0.5) is 0 Å². The van der Waals surface area contributed by atoms with Gasteiger partial charge in [-0.15, -0.1) is 0 Å². The molecule has 1 fully saturated rings. The molecule has 0 spiro atoms. The molecule has 1 N–H and O–H groups in total. The molecule has 1 saturated heterocycles. The molecule has 1 aliphatic rings. The maximum Gasteiger partial charge on any atom is 1.00 e. The minimum absolute atomic E-state index is 0. The molecule has 0 saturated carbocycles. The minimum atomic E-state index is -3.34. The zero-order valence-corrected chi connectivity index (χ0v) is 10.5. The van der Waals surface area contributed by atoms with E-state index < -0.39 is 44.9 Å². The fourth-order valence-electron chi connectivity index (χ4n) is 0.990. The summed E-state index contributed by atoms with van der Waals surface area (Å²) in [6.45, 7) is 0. The molecule has 0 aromatic carbocycles. The van der Waals surface area contributed by atoms with E-state index in [1.165, 1.54) is 0 Å². The Morgan fingerprint density at radius 1 is 1.46 bits per heavy atom. The largest absolute Gasteiger partial charge is 1.00 e. The van der Waals surface area contributed by atoms with Crippen LogP contribution in [-0.2, 0) is 25.4 Å². The predicted octanol–water partition coefficient (Wildman–Crippen LogP) is -5.04. The van der Waals surface area contributed by atoms with E-state index in [4.69, 9.17) is 5.11 Å². The molecule has 0 bridgehead atoms. The average molecular weight is 238 g/mol. The molecule has 72 valence electrons. The summed E-state index contributed by atoms with van der Waals surface area (Å²) in [5, 5.41) is 9.00. The molecular formula is C4H7NaO6S2. The summed E-state index contributed by atoms with van der Waals surface area (Å²) >= 11 is -2.78. The summed E-state index contributed by atoms with van der Waals surface area (Å²) in [5.74, 6) is -0.878. The first-order chi connectivity index (χ1) is 5.41. The van der Waals surface area contributed by atoms with Crippen LogP contribution < -0.4 is 29.6 Å². The Bertz CT molecular complexity index is 287. The van der Waals surface area contributed by atoms with Gasteiger partial charge in [0.25, 0.3) is 0 Å². The number of sulfone groups is 1. The van der Waals surface area contributed by atoms with E-state index in [0.29, 0.717) is 0 Å². The maximum absolute atomic E-state index is 10.8. The van der Waals surface area contributed by atoms with Gasteiger partial charge in [-0.1, -0.05) is 0 Å². The molecule has 1 aliphatic heterocycles. The molecule has 13 heavy (non-hydrogen) atoms. The standard InChI is InChI=1S/C4H8O6S2.Na/c5-3-1-12(8,9)2-4(3)10-11(6)7;/h3-5H,1-2H2,(H,6,7);/q;+1/p-1. The van der Waals surface area contributed by atoms with Crippen LogP contribution in [-0.4, -0.2) is 46.0 Å². The number of aliphatic hydroxyl groups excluding tert-OH is 1. The van der Waals surface area contributed by atoms with Crippen molar-refractivity contribution in [3.63, 3.8) is 0 Å². The molecule has 0 aromatic rings. The van der Waals surface area contributed by atoms with Gasteiger partial charge in [0.05, 0.1) is 29.0 Å². The first-order valence-electron chi connectivity index (χ1n) is 3.05. The van der Waals surface area contributed by atoms with Gasteiger partial charge in [0, 0.05) is 0 Å². The van der Waals surface area contributed by atoms with Gasteiger partial charge in [-0.2, -0.15) is 0 Å². The normalized spacial score (nSPS) is 33.7. The summed E-state index contributed by atoms with van der Waals surface area (Å²) in [7, 11) is -3.34. The van der Waals surface area contributed by atoms with Crippen molar-refractivity contribution >= 4 is 21.2 Å². The number of hydrogen-bond acceptors (Lipinski definition) is 6. The number of rotatable bonds is 2. The summed E-state index contributed by atoms with van der Waals surface area (Å²) < 4.78 is 45.7. The van der Waals surface area contributed by atoms with Gasteiger partial charge in [-0.05, 0) is 0 Å². The Balaban J connectivity index is 0.00000144. The third kappa shape index (κ3) is 4.34. The van der Waals surface area contributed by atoms with Crippen molar-refractivity contribution in [2.75, 3.05) is 11.5 Å². The topological polar surface area (TPSA) is 104 Å². The van der Waals surface area contributed by atoms with E-state index in [1.54, 1.807) is 0 Å². The Morgan fingerprint density at radius 3 is 2.31 bits per heavy atom. The average Bonchev–Trinajstić information content (AvgIpc) is 2.03. The maximum atomic E-state index is 10.8. The minimum Gasteiger partial charge on any atom is -0.750 e. The molecule has 9 heteroatoms. The van der Waals surface area contributed by atoms with Gasteiger partial charge in [0.1, 0.15) is 6.10 Å². The van der Waals surface area contributed by atoms with Crippen LogP contribution >= 0.6 is 0 Å². The molecule has 0 amide bonds. The van der Waals surface area contributed by atoms with Gasteiger partial charge in [0.15, 0.2) is 9.84 Å². The van der Waals surface area contributed by atoms with Crippen molar-refractivity contribution in [1.82, 2.24) is 0 Å². The molecular weight excluding hydrogens is 231 g/mol. The van der Waals surface area contributed by atoms with Crippen molar-refractivity contribution in [3.8, 4) is 0 Å². The van der Waals surface area contributed by atoms with Crippen molar-refractivity contribution in [2.24, 2.45) is 0 Å². The Hall–Kier alpha value is 0.980. The van der Waals surface area contributed by atoms with E-state index >= 15 is 0 Å². The van der Waals surface area contributed by atoms with E-state index in [9.17, 15) is 17.2 Å². The molecule has 0 aliphatic carbocycles. The fourth-order valence-corrected chi connectivity index (χ4v) is 3.14. The number of aliphatic hydroxyl groups is 1. The Kier molecular flexibility index (Phi) is 5.56. The fraction of sp³-hybridized carbons (Fsp3) is 1.00. The molecule has 6 nitrogen and oxygen atoms in total. The van der Waals surface area contributed by atoms with Crippen molar-refractivity contribution < 1.29 is 56.0 Å². The summed E-state index contributed by atoms with van der Waals surface area (Å²) in [5.41, 5.74) is 0. The first-order valence-corrected chi connectivity index (χ1v) is 5.88. The number of hydrogen-bond donors (Lipinski definition) is 1. The van der Waals surface area contributed by atoms with E-state index in [-0.39, 0.29) is 29.6 Å². The Morgan fingerprint density at radius 2 is 2.00 bits per heavy atom. The smallest absolute Gasteiger partial charge is 0.750 e. The molecule has 0 aromatic heterocycles. The van der Waals surface area contributed by atoms with E-state index in [0.717, 1.165) is 0 Å². The second-order valence-electron chi connectivity index (χ2n) is 2.48. The summed E-state index contributed by atoms with van der Waals surface area (Å²) in [6, 6.07) is 0. The molecule has 0 radical (unpaired) electrons. The molecule has 1 heterocycles. The second-order valence-corrected chi connectivity index (χ2v) is 5.24. The summed E-state index contributed by atoms with van der Waals surface area (Å²) in [4.78, 5) is 0. The zero-order valence-electron chi connectivity index (χ0n) is 6.87. The van der Waals surface area contributed by atoms with Crippen molar-refractivity contribution in [1.29, 1.82) is 0 Å². The van der Waals surface area contributed by atoms with Crippen LogP contribution in [0.2, 0.25) is 0 Å². The van der Waals surface area contributed by atoms with Crippen LogP contribution in [0.15, 0.2) is 0 Å². The van der Waals surface area contributed by atoms with E-state index in [1.807, 2.05) is 0 Å². The zero-order chi connectivity index (χ0) is 9.35. The van der Waals surface area contributed by atoms with Gasteiger partial charge in [-0.25, -0.2) is 12.6 Å². The van der Waals surface area contributed by atoms with E-state index in [2.05, 4.69) is 4.18 Å². The molecule has 3 atom stereocenters. The predicted molar refractivity (Wildman–Crippen MR) is 38.5 cm³/mol. The molecule has 1 rings (SSSR count). The van der Waals surface area contributed by atoms with Crippen molar-refractivity contribution in [2.45, 2.75) is 12.2 Å². The van der Waals surface area contributed by atoms with Crippen LogP contribution in [0.3, 0.4) is 0 Å². The quantitative estimate of drug-likeness (QED) is 0.381. The van der Waals surface area contributed by atoms with Gasteiger partial charge >= 0.3 is 29.6 Å². The first kappa shape index (κ1) is 14.0. The summed E-state index contributed by atoms with van der Waals surface area (Å²) in [6.07, 6.45) is -2.39. The second kappa shape index (κ2) is 5.17. The third-order valence-electron chi connectivity index (χ3n) is 1.47. The SMILES string of the molecule is O=S([O-])OC1CS(=O)(=O)CC1O.[Na+]. The van der Waals surface area contributed by atoms with Gasteiger partial charge < -0.3 is 9.66 Å². The monoisotopic (exact) mass is 238 g/mol. The van der Waals surface area contributed by atoms with Crippen LogP contribution in [0.25, 0.3) is 0 Å². The van der Waals surface area contributed by atoms with Crippen molar-refractivity contribution in [3.05, 3.63) is 0 Å². The van der Waals surface area contributed by atoms with Crippen LogP contribution in [0.5, 0.6) is 0 Å². The van der Waals surface area contributed by atoms with Crippen LogP contribution in [0, 0.1) is 0 Å². The van der Waals surface area contributed by atoms with Gasteiger partial charge in [0.2, 0.25) is 0 Å². The van der Waals surface area contributed by atoms with Crippen LogP contribution in [0.1, 0.15) is 0 Å². The Labute approximate surface area is 100 Å². The van der Waals surface area contributed by atoms with Gasteiger partial charge in [-0.3, -0.25) is 4.18 Å². The third-order valence-corrected chi connectivity index (χ3v) is 3.56. The molecule has 3 unspecified atom stereocenters.